The molecule has 1 aromatic carbocycles. The molecule has 0 bridgehead atoms. The van der Waals surface area contributed by atoms with Crippen LogP contribution in [0.15, 0.2) is 27.1 Å². The molecule has 0 amide bonds. The van der Waals surface area contributed by atoms with Crippen LogP contribution in [0.3, 0.4) is 0 Å². The fourth-order valence-corrected chi connectivity index (χ4v) is 3.94. The van der Waals surface area contributed by atoms with Crippen molar-refractivity contribution < 1.29 is 0 Å². The zero-order chi connectivity index (χ0) is 13.1. The molecule has 1 fully saturated rings. The molecule has 2 N–H and O–H groups in total. The minimum atomic E-state index is 0.159. The number of hydrogen-bond donors (Lipinski definition) is 1. The molecule has 0 heterocycles. The van der Waals surface area contributed by atoms with Crippen LogP contribution in [0.1, 0.15) is 50.6 Å². The van der Waals surface area contributed by atoms with E-state index in [9.17, 15) is 0 Å². The highest BCUT2D eigenvalue weighted by molar-refractivity contribution is 9.11. The standard InChI is InChI=1S/C15H21Br2N/c1-2-10-4-3-5-11(8-10)15(18)13-9-12(16)6-7-14(13)17/h6-7,9-11,15H,2-5,8,18H2,1H3. The fraction of sp³-hybridized carbons (Fsp3) is 0.600. The summed E-state index contributed by atoms with van der Waals surface area (Å²) in [6.07, 6.45) is 6.58. The maximum absolute atomic E-state index is 6.51. The quantitative estimate of drug-likeness (QED) is 0.750. The lowest BCUT2D eigenvalue weighted by Gasteiger charge is -2.33. The molecule has 0 radical (unpaired) electrons. The van der Waals surface area contributed by atoms with Crippen molar-refractivity contribution >= 4 is 31.9 Å². The third-order valence-corrected chi connectivity index (χ3v) is 5.44. The summed E-state index contributed by atoms with van der Waals surface area (Å²) in [6, 6.07) is 6.45. The highest BCUT2D eigenvalue weighted by Crippen LogP contribution is 2.39. The van der Waals surface area contributed by atoms with E-state index in [2.05, 4.69) is 57.0 Å². The van der Waals surface area contributed by atoms with E-state index in [1.165, 1.54) is 37.7 Å². The average molecular weight is 375 g/mol. The monoisotopic (exact) mass is 373 g/mol. The van der Waals surface area contributed by atoms with E-state index < -0.39 is 0 Å². The Balaban J connectivity index is 2.14. The van der Waals surface area contributed by atoms with E-state index in [0.29, 0.717) is 5.92 Å². The zero-order valence-corrected chi connectivity index (χ0v) is 14.0. The van der Waals surface area contributed by atoms with E-state index >= 15 is 0 Å². The highest BCUT2D eigenvalue weighted by Gasteiger charge is 2.27. The van der Waals surface area contributed by atoms with Gasteiger partial charge in [-0.2, -0.15) is 0 Å². The van der Waals surface area contributed by atoms with Crippen molar-refractivity contribution in [1.82, 2.24) is 0 Å². The first kappa shape index (κ1) is 14.5. The van der Waals surface area contributed by atoms with Gasteiger partial charge in [-0.1, -0.05) is 58.0 Å². The molecule has 1 aliphatic carbocycles. The van der Waals surface area contributed by atoms with Gasteiger partial charge in [0, 0.05) is 15.0 Å². The molecule has 0 aromatic heterocycles. The van der Waals surface area contributed by atoms with E-state index in [0.717, 1.165) is 14.9 Å². The van der Waals surface area contributed by atoms with E-state index in [1.807, 2.05) is 0 Å². The summed E-state index contributed by atoms with van der Waals surface area (Å²) in [6.45, 7) is 2.30. The Morgan fingerprint density at radius 1 is 1.33 bits per heavy atom. The third kappa shape index (κ3) is 3.37. The number of halogens is 2. The molecular formula is C15H21Br2N. The van der Waals surface area contributed by atoms with Crippen LogP contribution in [-0.4, -0.2) is 0 Å². The Morgan fingerprint density at radius 2 is 2.11 bits per heavy atom. The Kier molecular flexibility index (Phi) is 5.28. The first-order valence-electron chi connectivity index (χ1n) is 6.82. The molecular weight excluding hydrogens is 354 g/mol. The summed E-state index contributed by atoms with van der Waals surface area (Å²) in [5.41, 5.74) is 7.75. The van der Waals surface area contributed by atoms with Crippen LogP contribution in [0.4, 0.5) is 0 Å². The SMILES string of the molecule is CCC1CCCC(C(N)c2cc(Br)ccc2Br)C1. The normalized spacial score (nSPS) is 26.0. The van der Waals surface area contributed by atoms with Crippen molar-refractivity contribution in [3.63, 3.8) is 0 Å². The van der Waals surface area contributed by atoms with Gasteiger partial charge in [-0.3, -0.25) is 0 Å². The van der Waals surface area contributed by atoms with Crippen LogP contribution in [0.2, 0.25) is 0 Å². The summed E-state index contributed by atoms with van der Waals surface area (Å²) >= 11 is 7.17. The second-order valence-corrected chi connectivity index (χ2v) is 7.16. The van der Waals surface area contributed by atoms with Crippen LogP contribution < -0.4 is 5.73 Å². The lowest BCUT2D eigenvalue weighted by molar-refractivity contribution is 0.230. The second kappa shape index (κ2) is 6.53. The van der Waals surface area contributed by atoms with Crippen molar-refractivity contribution in [2.45, 2.75) is 45.1 Å². The smallest absolute Gasteiger partial charge is 0.0335 e. The predicted octanol–water partition coefficient (Wildman–Crippen LogP) is 5.43. The number of hydrogen-bond acceptors (Lipinski definition) is 1. The number of benzene rings is 1. The van der Waals surface area contributed by atoms with Gasteiger partial charge in [0.15, 0.2) is 0 Å². The van der Waals surface area contributed by atoms with E-state index in [-0.39, 0.29) is 6.04 Å². The van der Waals surface area contributed by atoms with Gasteiger partial charge in [-0.25, -0.2) is 0 Å². The van der Waals surface area contributed by atoms with Crippen molar-refractivity contribution in [3.8, 4) is 0 Å². The Bertz CT molecular complexity index is 405. The number of rotatable bonds is 3. The largest absolute Gasteiger partial charge is 0.324 e. The van der Waals surface area contributed by atoms with Gasteiger partial charge in [0.1, 0.15) is 0 Å². The zero-order valence-electron chi connectivity index (χ0n) is 10.8. The minimum Gasteiger partial charge on any atom is -0.324 e. The topological polar surface area (TPSA) is 26.0 Å². The van der Waals surface area contributed by atoms with Crippen LogP contribution in [0, 0.1) is 11.8 Å². The molecule has 3 heteroatoms. The first-order valence-corrected chi connectivity index (χ1v) is 8.41. The highest BCUT2D eigenvalue weighted by atomic mass is 79.9. The van der Waals surface area contributed by atoms with Gasteiger partial charge in [0.25, 0.3) is 0 Å². The molecule has 3 atom stereocenters. The van der Waals surface area contributed by atoms with Crippen LogP contribution in [-0.2, 0) is 0 Å². The molecule has 1 aliphatic rings. The average Bonchev–Trinajstić information content (AvgIpc) is 2.41. The molecule has 0 saturated heterocycles. The lowest BCUT2D eigenvalue weighted by Crippen LogP contribution is -2.27. The van der Waals surface area contributed by atoms with Crippen molar-refractivity contribution in [3.05, 3.63) is 32.7 Å². The van der Waals surface area contributed by atoms with Crippen LogP contribution in [0.25, 0.3) is 0 Å². The molecule has 1 aromatic rings. The van der Waals surface area contributed by atoms with Gasteiger partial charge in [-0.05, 0) is 48.4 Å². The molecule has 0 spiro atoms. The minimum absolute atomic E-state index is 0.159. The molecule has 100 valence electrons. The van der Waals surface area contributed by atoms with Crippen LogP contribution in [0.5, 0.6) is 0 Å². The van der Waals surface area contributed by atoms with Gasteiger partial charge < -0.3 is 5.73 Å². The molecule has 1 nitrogen and oxygen atoms in total. The molecule has 3 unspecified atom stereocenters. The Labute approximate surface area is 127 Å². The summed E-state index contributed by atoms with van der Waals surface area (Å²) in [5, 5.41) is 0. The summed E-state index contributed by atoms with van der Waals surface area (Å²) in [5.74, 6) is 1.51. The Morgan fingerprint density at radius 3 is 2.83 bits per heavy atom. The number of nitrogens with two attached hydrogens (primary N) is 1. The fourth-order valence-electron chi connectivity index (χ4n) is 3.05. The lowest BCUT2D eigenvalue weighted by atomic mass is 9.75. The third-order valence-electron chi connectivity index (χ3n) is 4.23. The van der Waals surface area contributed by atoms with Crippen LogP contribution >= 0.6 is 31.9 Å². The van der Waals surface area contributed by atoms with Gasteiger partial charge in [0.05, 0.1) is 0 Å². The van der Waals surface area contributed by atoms with E-state index in [1.54, 1.807) is 0 Å². The van der Waals surface area contributed by atoms with Gasteiger partial charge in [0.2, 0.25) is 0 Å². The summed E-state index contributed by atoms with van der Waals surface area (Å²) < 4.78 is 2.25. The molecule has 18 heavy (non-hydrogen) atoms. The Hall–Kier alpha value is 0.140. The van der Waals surface area contributed by atoms with Gasteiger partial charge in [-0.15, -0.1) is 0 Å². The molecule has 0 aliphatic heterocycles. The first-order chi connectivity index (χ1) is 8.61. The second-order valence-electron chi connectivity index (χ2n) is 5.39. The predicted molar refractivity (Wildman–Crippen MR) is 84.5 cm³/mol. The maximum atomic E-state index is 6.51. The van der Waals surface area contributed by atoms with E-state index in [4.69, 9.17) is 5.73 Å². The summed E-state index contributed by atoms with van der Waals surface area (Å²) in [4.78, 5) is 0. The maximum Gasteiger partial charge on any atom is 0.0335 e. The van der Waals surface area contributed by atoms with Crippen molar-refractivity contribution in [2.24, 2.45) is 17.6 Å². The van der Waals surface area contributed by atoms with Crippen molar-refractivity contribution in [2.75, 3.05) is 0 Å². The summed E-state index contributed by atoms with van der Waals surface area (Å²) in [7, 11) is 0. The van der Waals surface area contributed by atoms with Gasteiger partial charge >= 0.3 is 0 Å². The molecule has 1 saturated carbocycles. The van der Waals surface area contributed by atoms with Crippen molar-refractivity contribution in [1.29, 1.82) is 0 Å². The molecule has 2 rings (SSSR count).